The number of Topliss-reactive ketones (excluding diaryl/α,β-unsaturated/α-hetero) is 1. The molecule has 0 unspecified atom stereocenters. The van der Waals surface area contributed by atoms with Gasteiger partial charge in [-0.3, -0.25) is 4.79 Å². The van der Waals surface area contributed by atoms with E-state index in [9.17, 15) is 4.79 Å². The van der Waals surface area contributed by atoms with Gasteiger partial charge in [0.1, 0.15) is 5.78 Å². The minimum Gasteiger partial charge on any atom is -0.479 e. The van der Waals surface area contributed by atoms with Crippen LogP contribution in [-0.2, 0) is 9.53 Å². The number of thioether (sulfide) groups is 1. The molecule has 2 nitrogen and oxygen atoms in total. The monoisotopic (exact) mass is 262 g/mol. The first-order chi connectivity index (χ1) is 7.66. The highest BCUT2D eigenvalue weighted by molar-refractivity contribution is 8.23. The molecular weight excluding hydrogens is 240 g/mol. The Labute approximate surface area is 109 Å². The van der Waals surface area contributed by atoms with Gasteiger partial charge in [0.15, 0.2) is 0 Å². The fraction of sp³-hybridized carbons (Fsp3) is 0.833. The van der Waals surface area contributed by atoms with Crippen molar-refractivity contribution >= 4 is 34.1 Å². The van der Waals surface area contributed by atoms with Crippen LogP contribution in [0.1, 0.15) is 52.4 Å². The van der Waals surface area contributed by atoms with E-state index in [1.807, 2.05) is 0 Å². The van der Waals surface area contributed by atoms with E-state index in [4.69, 9.17) is 17.0 Å². The summed E-state index contributed by atoms with van der Waals surface area (Å²) in [4.78, 5) is 10.7. The lowest BCUT2D eigenvalue weighted by molar-refractivity contribution is -0.114. The van der Waals surface area contributed by atoms with Crippen LogP contribution < -0.4 is 0 Å². The summed E-state index contributed by atoms with van der Waals surface area (Å²) in [5.74, 6) is 0.561. The van der Waals surface area contributed by atoms with Crippen molar-refractivity contribution in [1.82, 2.24) is 0 Å². The second-order valence-corrected chi connectivity index (χ2v) is 5.43. The Morgan fingerprint density at radius 1 is 1.19 bits per heavy atom. The number of hydrogen-bond donors (Lipinski definition) is 0. The third-order valence-corrected chi connectivity index (χ3v) is 3.49. The number of hydrogen-bond acceptors (Lipinski definition) is 4. The zero-order valence-corrected chi connectivity index (χ0v) is 11.9. The quantitative estimate of drug-likeness (QED) is 0.464. The van der Waals surface area contributed by atoms with E-state index >= 15 is 0 Å². The summed E-state index contributed by atoms with van der Waals surface area (Å²) in [5, 5.41) is 0. The van der Waals surface area contributed by atoms with Crippen LogP contribution in [0.4, 0.5) is 0 Å². The number of carbonyl (C=O) groups excluding carboxylic acids is 1. The minimum atomic E-state index is 0.135. The van der Waals surface area contributed by atoms with E-state index in [-0.39, 0.29) is 5.78 Å². The highest BCUT2D eigenvalue weighted by atomic mass is 32.2. The summed E-state index contributed by atoms with van der Waals surface area (Å²) < 4.78 is 5.84. The van der Waals surface area contributed by atoms with Crippen LogP contribution in [0.2, 0.25) is 0 Å². The van der Waals surface area contributed by atoms with E-state index in [0.29, 0.717) is 16.7 Å². The fourth-order valence-corrected chi connectivity index (χ4v) is 1.99. The van der Waals surface area contributed by atoms with Gasteiger partial charge in [-0.2, -0.15) is 0 Å². The van der Waals surface area contributed by atoms with Crippen molar-refractivity contribution in [2.75, 3.05) is 12.4 Å². The molecule has 0 aliphatic rings. The van der Waals surface area contributed by atoms with Crippen molar-refractivity contribution in [3.05, 3.63) is 0 Å². The van der Waals surface area contributed by atoms with Crippen LogP contribution in [0.15, 0.2) is 0 Å². The minimum absolute atomic E-state index is 0.135. The fourth-order valence-electron chi connectivity index (χ4n) is 1.24. The number of thiocarbonyl (C=S) groups is 1. The number of unbranched alkanes of at least 4 members (excludes halogenated alkanes) is 5. The van der Waals surface area contributed by atoms with Gasteiger partial charge in [-0.05, 0) is 25.6 Å². The Morgan fingerprint density at radius 3 is 2.44 bits per heavy atom. The molecule has 0 atom stereocenters. The zero-order chi connectivity index (χ0) is 12.2. The standard InChI is InChI=1S/C12H22O2S2/c1-3-4-5-6-7-8-9-14-12(15)16-10-11(2)13/h3-10H2,1-2H3. The third kappa shape index (κ3) is 12.0. The Hall–Kier alpha value is -0.0900. The highest BCUT2D eigenvalue weighted by Gasteiger charge is 2.01. The summed E-state index contributed by atoms with van der Waals surface area (Å²) in [6, 6.07) is 0. The van der Waals surface area contributed by atoms with E-state index < -0.39 is 0 Å². The van der Waals surface area contributed by atoms with Gasteiger partial charge < -0.3 is 4.74 Å². The molecule has 0 aliphatic heterocycles. The summed E-state index contributed by atoms with van der Waals surface area (Å²) >= 11 is 6.30. The SMILES string of the molecule is CCCCCCCCOC(=S)SCC(C)=O. The molecule has 0 spiro atoms. The van der Waals surface area contributed by atoms with E-state index in [1.165, 1.54) is 43.9 Å². The van der Waals surface area contributed by atoms with E-state index in [0.717, 1.165) is 6.42 Å². The predicted molar refractivity (Wildman–Crippen MR) is 75.1 cm³/mol. The van der Waals surface area contributed by atoms with Crippen molar-refractivity contribution < 1.29 is 9.53 Å². The molecular formula is C12H22O2S2. The van der Waals surface area contributed by atoms with Gasteiger partial charge in [-0.15, -0.1) is 0 Å². The summed E-state index contributed by atoms with van der Waals surface area (Å²) in [5.41, 5.74) is 0. The molecule has 0 aromatic rings. The first kappa shape index (κ1) is 15.9. The van der Waals surface area contributed by atoms with Gasteiger partial charge in [-0.1, -0.05) is 50.8 Å². The van der Waals surface area contributed by atoms with Crippen molar-refractivity contribution in [3.63, 3.8) is 0 Å². The molecule has 0 amide bonds. The van der Waals surface area contributed by atoms with Crippen molar-refractivity contribution in [3.8, 4) is 0 Å². The van der Waals surface area contributed by atoms with Crippen LogP contribution in [0, 0.1) is 0 Å². The van der Waals surface area contributed by atoms with Gasteiger partial charge in [0.2, 0.25) is 4.38 Å². The average Bonchev–Trinajstić information content (AvgIpc) is 2.25. The molecule has 0 aromatic carbocycles. The maximum Gasteiger partial charge on any atom is 0.220 e. The Bertz CT molecular complexity index is 205. The van der Waals surface area contributed by atoms with Crippen LogP contribution in [0.5, 0.6) is 0 Å². The number of ketones is 1. The molecule has 0 aliphatic carbocycles. The smallest absolute Gasteiger partial charge is 0.220 e. The maximum atomic E-state index is 10.7. The average molecular weight is 262 g/mol. The molecule has 0 aromatic heterocycles. The predicted octanol–water partition coefficient (Wildman–Crippen LogP) is 3.97. The summed E-state index contributed by atoms with van der Waals surface area (Å²) in [6.45, 7) is 4.47. The lowest BCUT2D eigenvalue weighted by Crippen LogP contribution is -2.03. The lowest BCUT2D eigenvalue weighted by Gasteiger charge is -2.05. The van der Waals surface area contributed by atoms with Crippen LogP contribution in [0.25, 0.3) is 0 Å². The molecule has 0 saturated heterocycles. The summed E-state index contributed by atoms with van der Waals surface area (Å²) in [7, 11) is 0. The second kappa shape index (κ2) is 11.4. The van der Waals surface area contributed by atoms with Gasteiger partial charge in [0.05, 0.1) is 12.4 Å². The van der Waals surface area contributed by atoms with Gasteiger partial charge in [0, 0.05) is 0 Å². The molecule has 0 N–H and O–H groups in total. The van der Waals surface area contributed by atoms with Crippen LogP contribution in [-0.4, -0.2) is 22.5 Å². The Morgan fingerprint density at radius 2 is 1.81 bits per heavy atom. The molecule has 0 fully saturated rings. The molecule has 16 heavy (non-hydrogen) atoms. The van der Waals surface area contributed by atoms with E-state index in [2.05, 4.69) is 6.92 Å². The third-order valence-electron chi connectivity index (χ3n) is 2.11. The van der Waals surface area contributed by atoms with Gasteiger partial charge in [-0.25, -0.2) is 0 Å². The highest BCUT2D eigenvalue weighted by Crippen LogP contribution is 2.08. The van der Waals surface area contributed by atoms with Crippen molar-refractivity contribution in [1.29, 1.82) is 0 Å². The Kier molecular flexibility index (Phi) is 11.3. The van der Waals surface area contributed by atoms with Crippen molar-refractivity contribution in [2.24, 2.45) is 0 Å². The molecule has 4 heteroatoms. The second-order valence-electron chi connectivity index (χ2n) is 3.86. The van der Waals surface area contributed by atoms with Gasteiger partial charge >= 0.3 is 0 Å². The lowest BCUT2D eigenvalue weighted by atomic mass is 10.1. The number of rotatable bonds is 9. The molecule has 0 radical (unpaired) electrons. The summed E-state index contributed by atoms with van der Waals surface area (Å²) in [6.07, 6.45) is 7.48. The van der Waals surface area contributed by atoms with Crippen LogP contribution in [0.3, 0.4) is 0 Å². The molecule has 0 bridgehead atoms. The number of carbonyl (C=O) groups is 1. The first-order valence-electron chi connectivity index (χ1n) is 5.95. The Balaban J connectivity index is 3.18. The van der Waals surface area contributed by atoms with E-state index in [1.54, 1.807) is 6.92 Å². The topological polar surface area (TPSA) is 26.3 Å². The maximum absolute atomic E-state index is 10.7. The molecule has 0 rings (SSSR count). The normalized spacial score (nSPS) is 10.1. The molecule has 0 saturated carbocycles. The largest absolute Gasteiger partial charge is 0.479 e. The number of ether oxygens (including phenoxy) is 1. The van der Waals surface area contributed by atoms with Gasteiger partial charge in [0.25, 0.3) is 0 Å². The van der Waals surface area contributed by atoms with Crippen molar-refractivity contribution in [2.45, 2.75) is 52.4 Å². The van der Waals surface area contributed by atoms with Crippen LogP contribution >= 0.6 is 24.0 Å². The molecule has 94 valence electrons. The first-order valence-corrected chi connectivity index (χ1v) is 7.35. The molecule has 0 heterocycles. The zero-order valence-electron chi connectivity index (χ0n) is 10.3.